The van der Waals surface area contributed by atoms with Gasteiger partial charge in [0.1, 0.15) is 11.3 Å². The number of hydrogen-bond acceptors (Lipinski definition) is 3. The van der Waals surface area contributed by atoms with Crippen LogP contribution in [0.25, 0.3) is 21.6 Å². The summed E-state index contributed by atoms with van der Waals surface area (Å²) in [5.74, 6) is -0.319. The highest BCUT2D eigenvalue weighted by atomic mass is 32.1. The van der Waals surface area contributed by atoms with Crippen LogP contribution in [0.1, 0.15) is 10.4 Å². The molecule has 0 aliphatic carbocycles. The fourth-order valence-electron chi connectivity index (χ4n) is 1.76. The van der Waals surface area contributed by atoms with E-state index in [0.717, 1.165) is 11.0 Å². The average molecular weight is 244 g/mol. The number of rotatable bonds is 2. The number of carbonyl (C=O) groups is 1. The van der Waals surface area contributed by atoms with Gasteiger partial charge in [-0.15, -0.1) is 11.3 Å². The Labute approximate surface area is 101 Å². The molecule has 0 fully saturated rings. The third kappa shape index (κ3) is 1.62. The Hall–Kier alpha value is -2.07. The second-order valence-corrected chi connectivity index (χ2v) is 4.53. The monoisotopic (exact) mass is 244 g/mol. The zero-order chi connectivity index (χ0) is 11.8. The van der Waals surface area contributed by atoms with Crippen LogP contribution in [0.5, 0.6) is 0 Å². The lowest BCUT2D eigenvalue weighted by Crippen LogP contribution is -1.94. The van der Waals surface area contributed by atoms with Crippen LogP contribution in [-0.4, -0.2) is 11.1 Å². The van der Waals surface area contributed by atoms with Crippen LogP contribution < -0.4 is 0 Å². The van der Waals surface area contributed by atoms with Gasteiger partial charge in [-0.05, 0) is 23.6 Å². The first-order valence-electron chi connectivity index (χ1n) is 5.05. The van der Waals surface area contributed by atoms with Gasteiger partial charge < -0.3 is 9.52 Å². The molecule has 3 aromatic rings. The molecule has 0 aliphatic heterocycles. The van der Waals surface area contributed by atoms with E-state index in [9.17, 15) is 4.79 Å². The van der Waals surface area contributed by atoms with Crippen molar-refractivity contribution in [3.63, 3.8) is 0 Å². The number of benzene rings is 1. The van der Waals surface area contributed by atoms with Gasteiger partial charge in [-0.25, -0.2) is 4.79 Å². The second kappa shape index (κ2) is 3.75. The van der Waals surface area contributed by atoms with Gasteiger partial charge in [0.2, 0.25) is 0 Å². The maximum absolute atomic E-state index is 11.0. The van der Waals surface area contributed by atoms with E-state index < -0.39 is 5.97 Å². The summed E-state index contributed by atoms with van der Waals surface area (Å²) in [6.45, 7) is 0. The SMILES string of the molecule is O=C(O)c1ccsc1-c1cc2ccccc2o1. The van der Waals surface area contributed by atoms with Crippen LogP contribution in [0.15, 0.2) is 46.2 Å². The lowest BCUT2D eigenvalue weighted by Gasteiger charge is -1.93. The largest absolute Gasteiger partial charge is 0.478 e. The summed E-state index contributed by atoms with van der Waals surface area (Å²) in [5.41, 5.74) is 1.06. The molecule has 0 atom stereocenters. The number of furan rings is 1. The molecule has 3 rings (SSSR count). The number of thiophene rings is 1. The van der Waals surface area contributed by atoms with E-state index in [1.165, 1.54) is 11.3 Å². The van der Waals surface area contributed by atoms with E-state index >= 15 is 0 Å². The molecule has 1 aromatic carbocycles. The van der Waals surface area contributed by atoms with Crippen LogP contribution in [0.4, 0.5) is 0 Å². The van der Waals surface area contributed by atoms with Gasteiger partial charge in [-0.3, -0.25) is 0 Å². The summed E-state index contributed by atoms with van der Waals surface area (Å²) in [4.78, 5) is 11.7. The molecule has 0 saturated carbocycles. The summed E-state index contributed by atoms with van der Waals surface area (Å²) in [6, 6.07) is 11.1. The third-order valence-electron chi connectivity index (χ3n) is 2.54. The van der Waals surface area contributed by atoms with Gasteiger partial charge in [-0.1, -0.05) is 18.2 Å². The molecular formula is C13H8O3S. The summed E-state index contributed by atoms with van der Waals surface area (Å²) in [5, 5.41) is 11.8. The molecule has 0 saturated heterocycles. The first-order valence-corrected chi connectivity index (χ1v) is 5.93. The maximum atomic E-state index is 11.0. The van der Waals surface area contributed by atoms with Crippen molar-refractivity contribution < 1.29 is 14.3 Å². The molecule has 0 unspecified atom stereocenters. The van der Waals surface area contributed by atoms with Gasteiger partial charge >= 0.3 is 5.97 Å². The van der Waals surface area contributed by atoms with Crippen molar-refractivity contribution >= 4 is 28.3 Å². The second-order valence-electron chi connectivity index (χ2n) is 3.62. The van der Waals surface area contributed by atoms with Crippen LogP contribution in [0, 0.1) is 0 Å². The van der Waals surface area contributed by atoms with Gasteiger partial charge in [0.15, 0.2) is 0 Å². The Kier molecular flexibility index (Phi) is 2.23. The van der Waals surface area contributed by atoms with Crippen molar-refractivity contribution in [2.75, 3.05) is 0 Å². The smallest absolute Gasteiger partial charge is 0.337 e. The van der Waals surface area contributed by atoms with E-state index in [1.54, 1.807) is 11.4 Å². The third-order valence-corrected chi connectivity index (χ3v) is 3.47. The predicted octanol–water partition coefficient (Wildman–Crippen LogP) is 3.86. The van der Waals surface area contributed by atoms with Crippen molar-refractivity contribution in [3.8, 4) is 10.6 Å². The normalized spacial score (nSPS) is 10.8. The van der Waals surface area contributed by atoms with Crippen molar-refractivity contribution in [2.45, 2.75) is 0 Å². The van der Waals surface area contributed by atoms with Gasteiger partial charge in [-0.2, -0.15) is 0 Å². The summed E-state index contributed by atoms with van der Waals surface area (Å²) < 4.78 is 5.65. The number of para-hydroxylation sites is 1. The van der Waals surface area contributed by atoms with Crippen molar-refractivity contribution in [3.05, 3.63) is 47.3 Å². The lowest BCUT2D eigenvalue weighted by atomic mass is 10.2. The fraction of sp³-hybridized carbons (Fsp3) is 0. The Morgan fingerprint density at radius 3 is 2.82 bits per heavy atom. The minimum absolute atomic E-state index is 0.286. The molecule has 17 heavy (non-hydrogen) atoms. The maximum Gasteiger partial charge on any atom is 0.337 e. The molecule has 0 aliphatic rings. The van der Waals surface area contributed by atoms with E-state index in [0.29, 0.717) is 10.6 Å². The highest BCUT2D eigenvalue weighted by molar-refractivity contribution is 7.14. The van der Waals surface area contributed by atoms with E-state index in [4.69, 9.17) is 9.52 Å². The Bertz CT molecular complexity index is 660. The molecule has 0 bridgehead atoms. The molecule has 3 nitrogen and oxygen atoms in total. The molecular weight excluding hydrogens is 236 g/mol. The zero-order valence-corrected chi connectivity index (χ0v) is 9.53. The van der Waals surface area contributed by atoms with E-state index in [-0.39, 0.29) is 5.56 Å². The molecule has 84 valence electrons. The van der Waals surface area contributed by atoms with Crippen LogP contribution in [0.3, 0.4) is 0 Å². The fourth-order valence-corrected chi connectivity index (χ4v) is 2.60. The van der Waals surface area contributed by atoms with Gasteiger partial charge in [0, 0.05) is 5.39 Å². The summed E-state index contributed by atoms with van der Waals surface area (Å²) in [6.07, 6.45) is 0. The van der Waals surface area contributed by atoms with Crippen molar-refractivity contribution in [2.24, 2.45) is 0 Å². The first kappa shape index (κ1) is 10.1. The molecule has 2 heterocycles. The lowest BCUT2D eigenvalue weighted by molar-refractivity contribution is 0.0698. The predicted molar refractivity (Wildman–Crippen MR) is 66.5 cm³/mol. The average Bonchev–Trinajstić information content (AvgIpc) is 2.95. The van der Waals surface area contributed by atoms with Gasteiger partial charge in [0.25, 0.3) is 0 Å². The zero-order valence-electron chi connectivity index (χ0n) is 8.71. The molecule has 2 aromatic heterocycles. The minimum atomic E-state index is -0.929. The molecule has 0 radical (unpaired) electrons. The minimum Gasteiger partial charge on any atom is -0.478 e. The number of carboxylic acids is 1. The van der Waals surface area contributed by atoms with E-state index in [2.05, 4.69) is 0 Å². The number of fused-ring (bicyclic) bond motifs is 1. The molecule has 0 amide bonds. The topological polar surface area (TPSA) is 50.4 Å². The number of aromatic carboxylic acids is 1. The van der Waals surface area contributed by atoms with E-state index in [1.807, 2.05) is 30.3 Å². The Balaban J connectivity index is 2.20. The Morgan fingerprint density at radius 1 is 1.24 bits per heavy atom. The highest BCUT2D eigenvalue weighted by Crippen LogP contribution is 2.33. The Morgan fingerprint density at radius 2 is 2.06 bits per heavy atom. The molecule has 4 heteroatoms. The first-order chi connectivity index (χ1) is 8.25. The summed E-state index contributed by atoms with van der Waals surface area (Å²) >= 11 is 1.37. The van der Waals surface area contributed by atoms with Crippen molar-refractivity contribution in [1.29, 1.82) is 0 Å². The van der Waals surface area contributed by atoms with Gasteiger partial charge in [0.05, 0.1) is 10.4 Å². The highest BCUT2D eigenvalue weighted by Gasteiger charge is 2.16. The van der Waals surface area contributed by atoms with Crippen molar-refractivity contribution in [1.82, 2.24) is 0 Å². The number of hydrogen-bond donors (Lipinski definition) is 1. The quantitative estimate of drug-likeness (QED) is 0.744. The molecule has 1 N–H and O–H groups in total. The van der Waals surface area contributed by atoms with Crippen LogP contribution >= 0.6 is 11.3 Å². The number of carboxylic acid groups (broad SMARTS) is 1. The molecule has 0 spiro atoms. The standard InChI is InChI=1S/C13H8O3S/c14-13(15)9-5-6-17-12(9)11-7-8-3-1-2-4-10(8)16-11/h1-7H,(H,14,15). The van der Waals surface area contributed by atoms with Crippen LogP contribution in [-0.2, 0) is 0 Å². The summed E-state index contributed by atoms with van der Waals surface area (Å²) in [7, 11) is 0. The van der Waals surface area contributed by atoms with Crippen LogP contribution in [0.2, 0.25) is 0 Å².